The molecule has 1 aliphatic rings. The first-order valence-electron chi connectivity index (χ1n) is 3.72. The van der Waals surface area contributed by atoms with E-state index in [9.17, 15) is 5.11 Å². The summed E-state index contributed by atoms with van der Waals surface area (Å²) in [6.07, 6.45) is 1.50. The van der Waals surface area contributed by atoms with E-state index in [-0.39, 0.29) is 6.10 Å². The Bertz CT molecular complexity index is 189. The Kier molecular flexibility index (Phi) is 1.95. The molecule has 0 aromatic carbocycles. The van der Waals surface area contributed by atoms with Crippen molar-refractivity contribution >= 4 is 0 Å². The van der Waals surface area contributed by atoms with E-state index < -0.39 is 0 Å². The average molecular weight is 138 g/mol. The van der Waals surface area contributed by atoms with Crippen LogP contribution in [0, 0.1) is 0 Å². The number of hydrogen-bond donors (Lipinski definition) is 1. The van der Waals surface area contributed by atoms with Gasteiger partial charge in [0.05, 0.1) is 6.10 Å². The fourth-order valence-corrected chi connectivity index (χ4v) is 1.52. The van der Waals surface area contributed by atoms with E-state index in [1.165, 1.54) is 5.57 Å². The van der Waals surface area contributed by atoms with Crippen LogP contribution in [0.3, 0.4) is 0 Å². The van der Waals surface area contributed by atoms with E-state index in [2.05, 4.69) is 13.5 Å². The molecule has 0 radical (unpaired) electrons. The Morgan fingerprint density at radius 1 is 1.70 bits per heavy atom. The van der Waals surface area contributed by atoms with Gasteiger partial charge in [0.2, 0.25) is 0 Å². The van der Waals surface area contributed by atoms with E-state index in [1.54, 1.807) is 0 Å². The van der Waals surface area contributed by atoms with E-state index in [4.69, 9.17) is 0 Å². The van der Waals surface area contributed by atoms with Crippen molar-refractivity contribution in [3.63, 3.8) is 0 Å². The lowest BCUT2D eigenvalue weighted by Gasteiger charge is -2.00. The van der Waals surface area contributed by atoms with Crippen LogP contribution in [0.5, 0.6) is 0 Å². The van der Waals surface area contributed by atoms with E-state index in [0.717, 1.165) is 24.0 Å². The molecule has 0 saturated heterocycles. The van der Waals surface area contributed by atoms with Crippen LogP contribution < -0.4 is 0 Å². The zero-order valence-corrected chi connectivity index (χ0v) is 6.65. The average Bonchev–Trinajstić information content (AvgIpc) is 2.09. The molecule has 0 spiro atoms. The van der Waals surface area contributed by atoms with Crippen molar-refractivity contribution in [1.82, 2.24) is 0 Å². The third kappa shape index (κ3) is 1.01. The van der Waals surface area contributed by atoms with Gasteiger partial charge in [-0.15, -0.1) is 0 Å². The SMILES string of the molecule is C=C1C[C@H](O)C(C)=C1CC. The van der Waals surface area contributed by atoms with Gasteiger partial charge in [-0.25, -0.2) is 0 Å². The van der Waals surface area contributed by atoms with Crippen LogP contribution in [0.4, 0.5) is 0 Å². The molecule has 0 heterocycles. The Hall–Kier alpha value is -0.560. The number of aliphatic hydroxyl groups excluding tert-OH is 1. The highest BCUT2D eigenvalue weighted by atomic mass is 16.3. The van der Waals surface area contributed by atoms with E-state index >= 15 is 0 Å². The molecule has 0 saturated carbocycles. The van der Waals surface area contributed by atoms with Crippen molar-refractivity contribution in [3.8, 4) is 0 Å². The summed E-state index contributed by atoms with van der Waals surface area (Å²) in [5.41, 5.74) is 3.51. The molecule has 1 N–H and O–H groups in total. The standard InChI is InChI=1S/C9H14O/c1-4-8-6(2)5-9(10)7(8)3/h9-10H,2,4-5H2,1,3H3/t9-/m0/s1. The van der Waals surface area contributed by atoms with Gasteiger partial charge in [-0.05, 0) is 30.1 Å². The van der Waals surface area contributed by atoms with E-state index in [1.807, 2.05) is 6.92 Å². The minimum Gasteiger partial charge on any atom is -0.388 e. The lowest BCUT2D eigenvalue weighted by Crippen LogP contribution is -2.01. The molecule has 0 aromatic heterocycles. The first kappa shape index (κ1) is 7.55. The van der Waals surface area contributed by atoms with Crippen molar-refractivity contribution in [2.24, 2.45) is 0 Å². The van der Waals surface area contributed by atoms with Crippen LogP contribution in [0.25, 0.3) is 0 Å². The van der Waals surface area contributed by atoms with Gasteiger partial charge >= 0.3 is 0 Å². The summed E-state index contributed by atoms with van der Waals surface area (Å²) in [4.78, 5) is 0. The van der Waals surface area contributed by atoms with Crippen LogP contribution in [0.1, 0.15) is 26.7 Å². The van der Waals surface area contributed by atoms with Crippen molar-refractivity contribution in [1.29, 1.82) is 0 Å². The van der Waals surface area contributed by atoms with Crippen molar-refractivity contribution in [3.05, 3.63) is 23.3 Å². The Morgan fingerprint density at radius 2 is 2.30 bits per heavy atom. The Balaban J connectivity index is 2.90. The van der Waals surface area contributed by atoms with Crippen LogP contribution in [0.15, 0.2) is 23.3 Å². The van der Waals surface area contributed by atoms with Gasteiger partial charge in [-0.1, -0.05) is 13.5 Å². The largest absolute Gasteiger partial charge is 0.388 e. The molecule has 0 aromatic rings. The third-order valence-corrected chi connectivity index (χ3v) is 2.20. The minimum absolute atomic E-state index is 0.248. The fourth-order valence-electron chi connectivity index (χ4n) is 1.52. The molecule has 56 valence electrons. The lowest BCUT2D eigenvalue weighted by molar-refractivity contribution is 0.219. The van der Waals surface area contributed by atoms with Crippen molar-refractivity contribution in [2.75, 3.05) is 0 Å². The molecular formula is C9H14O. The van der Waals surface area contributed by atoms with Crippen LogP contribution >= 0.6 is 0 Å². The maximum atomic E-state index is 9.35. The smallest absolute Gasteiger partial charge is 0.0793 e. The van der Waals surface area contributed by atoms with Gasteiger partial charge in [0.25, 0.3) is 0 Å². The van der Waals surface area contributed by atoms with Crippen LogP contribution in [-0.4, -0.2) is 11.2 Å². The van der Waals surface area contributed by atoms with Gasteiger partial charge < -0.3 is 5.11 Å². The van der Waals surface area contributed by atoms with Crippen LogP contribution in [-0.2, 0) is 0 Å². The fraction of sp³-hybridized carbons (Fsp3) is 0.556. The summed E-state index contributed by atoms with van der Waals surface area (Å²) in [6.45, 7) is 7.98. The molecule has 0 amide bonds. The summed E-state index contributed by atoms with van der Waals surface area (Å²) in [5, 5.41) is 9.35. The number of rotatable bonds is 1. The molecule has 1 heteroatoms. The quantitative estimate of drug-likeness (QED) is 0.588. The Labute approximate surface area is 62.1 Å². The zero-order chi connectivity index (χ0) is 7.72. The topological polar surface area (TPSA) is 20.2 Å². The first-order chi connectivity index (χ1) is 4.66. The molecule has 0 aliphatic heterocycles. The molecule has 1 aliphatic carbocycles. The maximum absolute atomic E-state index is 9.35. The minimum atomic E-state index is -0.248. The van der Waals surface area contributed by atoms with Crippen molar-refractivity contribution in [2.45, 2.75) is 32.8 Å². The third-order valence-electron chi connectivity index (χ3n) is 2.20. The predicted molar refractivity (Wildman–Crippen MR) is 42.8 cm³/mol. The molecule has 0 unspecified atom stereocenters. The molecule has 0 fully saturated rings. The summed E-state index contributed by atoms with van der Waals surface area (Å²) in [6, 6.07) is 0. The molecule has 1 rings (SSSR count). The van der Waals surface area contributed by atoms with Crippen LogP contribution in [0.2, 0.25) is 0 Å². The molecule has 1 nitrogen and oxygen atoms in total. The lowest BCUT2D eigenvalue weighted by atomic mass is 10.1. The maximum Gasteiger partial charge on any atom is 0.0793 e. The van der Waals surface area contributed by atoms with Gasteiger partial charge in [-0.2, -0.15) is 0 Å². The molecule has 0 bridgehead atoms. The molecular weight excluding hydrogens is 124 g/mol. The van der Waals surface area contributed by atoms with Crippen molar-refractivity contribution < 1.29 is 5.11 Å². The predicted octanol–water partition coefficient (Wildman–Crippen LogP) is 2.03. The number of allylic oxidation sites excluding steroid dienone is 1. The highest BCUT2D eigenvalue weighted by Gasteiger charge is 2.21. The van der Waals surface area contributed by atoms with Gasteiger partial charge in [0.1, 0.15) is 0 Å². The first-order valence-corrected chi connectivity index (χ1v) is 3.72. The summed E-state index contributed by atoms with van der Waals surface area (Å²) >= 11 is 0. The zero-order valence-electron chi connectivity index (χ0n) is 6.65. The van der Waals surface area contributed by atoms with Gasteiger partial charge in [0, 0.05) is 6.42 Å². The summed E-state index contributed by atoms with van der Waals surface area (Å²) in [7, 11) is 0. The molecule has 10 heavy (non-hydrogen) atoms. The second kappa shape index (κ2) is 2.59. The normalized spacial score (nSPS) is 26.3. The highest BCUT2D eigenvalue weighted by Crippen LogP contribution is 2.31. The van der Waals surface area contributed by atoms with E-state index in [0.29, 0.717) is 0 Å². The summed E-state index contributed by atoms with van der Waals surface area (Å²) in [5.74, 6) is 0. The molecule has 1 atom stereocenters. The number of aliphatic hydroxyl groups is 1. The number of hydrogen-bond acceptors (Lipinski definition) is 1. The van der Waals surface area contributed by atoms with Gasteiger partial charge in [-0.3, -0.25) is 0 Å². The van der Waals surface area contributed by atoms with Gasteiger partial charge in [0.15, 0.2) is 0 Å². The monoisotopic (exact) mass is 138 g/mol. The highest BCUT2D eigenvalue weighted by molar-refractivity contribution is 5.40. The second-order valence-electron chi connectivity index (χ2n) is 2.84. The second-order valence-corrected chi connectivity index (χ2v) is 2.84. The Morgan fingerprint density at radius 3 is 2.50 bits per heavy atom. The summed E-state index contributed by atoms with van der Waals surface area (Å²) < 4.78 is 0.